The van der Waals surface area contributed by atoms with Crippen LogP contribution in [-0.4, -0.2) is 25.3 Å². The Balaban J connectivity index is 1.42. The van der Waals surface area contributed by atoms with E-state index >= 15 is 0 Å². The van der Waals surface area contributed by atoms with Crippen LogP contribution in [0.3, 0.4) is 0 Å². The van der Waals surface area contributed by atoms with E-state index in [0.29, 0.717) is 22.6 Å². The van der Waals surface area contributed by atoms with Gasteiger partial charge in [0.25, 0.3) is 0 Å². The zero-order valence-corrected chi connectivity index (χ0v) is 14.4. The average Bonchev–Trinajstić information content (AvgIpc) is 3.34. The summed E-state index contributed by atoms with van der Waals surface area (Å²) in [5.74, 6) is 2.45. The number of nitrogens with zero attached hydrogens (tertiary/aromatic N) is 4. The molecular weight excluding hydrogens is 342 g/mol. The van der Waals surface area contributed by atoms with Gasteiger partial charge in [-0.15, -0.1) is 5.10 Å². The number of aromatic amines is 1. The van der Waals surface area contributed by atoms with E-state index in [4.69, 9.17) is 4.52 Å². The summed E-state index contributed by atoms with van der Waals surface area (Å²) in [6.45, 7) is 2.06. The molecule has 0 bridgehead atoms. The van der Waals surface area contributed by atoms with Crippen LogP contribution in [0.5, 0.6) is 0 Å². The minimum atomic E-state index is 0.530. The number of aromatic nitrogens is 5. The van der Waals surface area contributed by atoms with Gasteiger partial charge in [0.05, 0.1) is 5.75 Å². The molecule has 8 heteroatoms. The van der Waals surface area contributed by atoms with Crippen LogP contribution in [-0.2, 0) is 5.75 Å². The molecule has 0 atom stereocenters. The van der Waals surface area contributed by atoms with Crippen LogP contribution < -0.4 is 0 Å². The molecule has 1 aromatic carbocycles. The highest BCUT2D eigenvalue weighted by molar-refractivity contribution is 7.98. The standard InChI is InChI=1S/C16H13N5OS2/c1-10-2-4-11(5-3-10)14-18-16(20-19-14)24-9-13-17-15(21-22-13)12-6-7-23-8-12/h2-8H,9H2,1H3,(H,18,19,20). The Kier molecular flexibility index (Phi) is 4.14. The van der Waals surface area contributed by atoms with Crippen molar-refractivity contribution >= 4 is 23.1 Å². The van der Waals surface area contributed by atoms with Gasteiger partial charge in [0, 0.05) is 16.5 Å². The van der Waals surface area contributed by atoms with Crippen molar-refractivity contribution in [2.45, 2.75) is 17.8 Å². The molecule has 0 amide bonds. The second kappa shape index (κ2) is 6.58. The molecule has 0 radical (unpaired) electrons. The molecule has 0 spiro atoms. The van der Waals surface area contributed by atoms with E-state index in [-0.39, 0.29) is 0 Å². The molecule has 1 N–H and O–H groups in total. The van der Waals surface area contributed by atoms with Crippen molar-refractivity contribution in [1.82, 2.24) is 25.3 Å². The van der Waals surface area contributed by atoms with Gasteiger partial charge in [0.15, 0.2) is 5.82 Å². The fourth-order valence-corrected chi connectivity index (χ4v) is 3.37. The van der Waals surface area contributed by atoms with E-state index in [0.717, 1.165) is 17.0 Å². The van der Waals surface area contributed by atoms with Crippen molar-refractivity contribution in [3.05, 3.63) is 52.5 Å². The Bertz CT molecular complexity index is 928. The van der Waals surface area contributed by atoms with Gasteiger partial charge in [0.2, 0.25) is 16.9 Å². The maximum atomic E-state index is 5.27. The van der Waals surface area contributed by atoms with Gasteiger partial charge >= 0.3 is 0 Å². The first-order chi connectivity index (χ1) is 11.8. The summed E-state index contributed by atoms with van der Waals surface area (Å²) in [6, 6.07) is 10.1. The van der Waals surface area contributed by atoms with Gasteiger partial charge in [-0.1, -0.05) is 46.7 Å². The fourth-order valence-electron chi connectivity index (χ4n) is 2.10. The average molecular weight is 355 g/mol. The predicted molar refractivity (Wildman–Crippen MR) is 93.7 cm³/mol. The minimum Gasteiger partial charge on any atom is -0.338 e. The molecule has 0 unspecified atom stereocenters. The van der Waals surface area contributed by atoms with E-state index in [1.165, 1.54) is 17.3 Å². The lowest BCUT2D eigenvalue weighted by molar-refractivity contribution is 0.391. The molecule has 4 rings (SSSR count). The largest absolute Gasteiger partial charge is 0.338 e. The first-order valence-electron chi connectivity index (χ1n) is 7.25. The van der Waals surface area contributed by atoms with Gasteiger partial charge in [0.1, 0.15) is 0 Å². The Morgan fingerprint density at radius 3 is 2.79 bits per heavy atom. The number of hydrogen-bond donors (Lipinski definition) is 1. The van der Waals surface area contributed by atoms with Crippen molar-refractivity contribution in [3.8, 4) is 22.8 Å². The normalized spacial score (nSPS) is 11.0. The van der Waals surface area contributed by atoms with Crippen LogP contribution in [0.4, 0.5) is 0 Å². The molecule has 0 fully saturated rings. The van der Waals surface area contributed by atoms with E-state index in [1.54, 1.807) is 11.3 Å². The van der Waals surface area contributed by atoms with E-state index in [1.807, 2.05) is 29.0 Å². The summed E-state index contributed by atoms with van der Waals surface area (Å²) in [6.07, 6.45) is 0. The van der Waals surface area contributed by atoms with Crippen molar-refractivity contribution in [1.29, 1.82) is 0 Å². The van der Waals surface area contributed by atoms with Crippen molar-refractivity contribution in [2.24, 2.45) is 0 Å². The summed E-state index contributed by atoms with van der Waals surface area (Å²) in [5, 5.41) is 15.8. The van der Waals surface area contributed by atoms with Crippen LogP contribution in [0.1, 0.15) is 11.5 Å². The first-order valence-corrected chi connectivity index (χ1v) is 9.18. The lowest BCUT2D eigenvalue weighted by atomic mass is 10.1. The zero-order valence-electron chi connectivity index (χ0n) is 12.8. The summed E-state index contributed by atoms with van der Waals surface area (Å²) in [4.78, 5) is 8.87. The van der Waals surface area contributed by atoms with Gasteiger partial charge < -0.3 is 4.52 Å². The van der Waals surface area contributed by atoms with Crippen molar-refractivity contribution < 1.29 is 4.52 Å². The zero-order chi connectivity index (χ0) is 16.4. The number of nitrogens with one attached hydrogen (secondary N) is 1. The number of thioether (sulfide) groups is 1. The first kappa shape index (κ1) is 15.1. The highest BCUT2D eigenvalue weighted by Crippen LogP contribution is 2.24. The molecule has 0 aliphatic rings. The summed E-state index contributed by atoms with van der Waals surface area (Å²) in [7, 11) is 0. The highest BCUT2D eigenvalue weighted by atomic mass is 32.2. The molecule has 0 aliphatic heterocycles. The monoisotopic (exact) mass is 355 g/mol. The number of hydrogen-bond acceptors (Lipinski definition) is 7. The van der Waals surface area contributed by atoms with Crippen LogP contribution in [0.15, 0.2) is 50.8 Å². The van der Waals surface area contributed by atoms with Gasteiger partial charge in [-0.3, -0.25) is 5.10 Å². The summed E-state index contributed by atoms with van der Waals surface area (Å²) < 4.78 is 5.27. The number of benzene rings is 1. The molecule has 4 aromatic rings. The lowest BCUT2D eigenvalue weighted by Gasteiger charge is -1.95. The Morgan fingerprint density at radius 1 is 1.12 bits per heavy atom. The van der Waals surface area contributed by atoms with Gasteiger partial charge in [-0.25, -0.2) is 4.98 Å². The number of H-pyrrole nitrogens is 1. The number of aryl methyl sites for hydroxylation is 1. The summed E-state index contributed by atoms with van der Waals surface area (Å²) >= 11 is 3.06. The van der Waals surface area contributed by atoms with Crippen molar-refractivity contribution in [3.63, 3.8) is 0 Å². The molecular formula is C16H13N5OS2. The van der Waals surface area contributed by atoms with Crippen LogP contribution in [0.25, 0.3) is 22.8 Å². The molecule has 0 saturated carbocycles. The molecule has 6 nitrogen and oxygen atoms in total. The minimum absolute atomic E-state index is 0.530. The highest BCUT2D eigenvalue weighted by Gasteiger charge is 2.11. The van der Waals surface area contributed by atoms with Gasteiger partial charge in [-0.2, -0.15) is 16.3 Å². The van der Waals surface area contributed by atoms with E-state index in [2.05, 4.69) is 44.4 Å². The Hall–Kier alpha value is -2.45. The third-order valence-corrected chi connectivity index (χ3v) is 4.88. The SMILES string of the molecule is Cc1ccc(-c2nc(SCc3nc(-c4ccsc4)no3)n[nH]2)cc1. The van der Waals surface area contributed by atoms with Crippen LogP contribution >= 0.6 is 23.1 Å². The van der Waals surface area contributed by atoms with E-state index in [9.17, 15) is 0 Å². The molecule has 24 heavy (non-hydrogen) atoms. The molecule has 3 aromatic heterocycles. The van der Waals surface area contributed by atoms with Crippen molar-refractivity contribution in [2.75, 3.05) is 0 Å². The third kappa shape index (κ3) is 3.24. The number of rotatable bonds is 5. The summed E-state index contributed by atoms with van der Waals surface area (Å²) in [5.41, 5.74) is 3.20. The maximum Gasteiger partial charge on any atom is 0.237 e. The third-order valence-electron chi connectivity index (χ3n) is 3.36. The quantitative estimate of drug-likeness (QED) is 0.541. The fraction of sp³-hybridized carbons (Fsp3) is 0.125. The molecule has 3 heterocycles. The molecule has 0 aliphatic carbocycles. The van der Waals surface area contributed by atoms with Gasteiger partial charge in [-0.05, 0) is 18.4 Å². The smallest absolute Gasteiger partial charge is 0.237 e. The second-order valence-corrected chi connectivity index (χ2v) is 6.87. The maximum absolute atomic E-state index is 5.27. The second-order valence-electron chi connectivity index (χ2n) is 5.15. The van der Waals surface area contributed by atoms with E-state index < -0.39 is 0 Å². The lowest BCUT2D eigenvalue weighted by Crippen LogP contribution is -1.83. The van der Waals surface area contributed by atoms with Crippen LogP contribution in [0.2, 0.25) is 0 Å². The Morgan fingerprint density at radius 2 is 2.00 bits per heavy atom. The topological polar surface area (TPSA) is 80.5 Å². The predicted octanol–water partition coefficient (Wildman–Crippen LogP) is 4.18. The molecule has 120 valence electrons. The molecule has 0 saturated heterocycles. The van der Waals surface area contributed by atoms with Crippen LogP contribution in [0, 0.1) is 6.92 Å². The number of thiophene rings is 1. The Labute approximate surface area is 146 Å².